The van der Waals surface area contributed by atoms with E-state index in [0.29, 0.717) is 5.56 Å². The molecule has 0 aliphatic rings. The van der Waals surface area contributed by atoms with Crippen LogP contribution in [-0.4, -0.2) is 18.8 Å². The van der Waals surface area contributed by atoms with E-state index in [1.165, 1.54) is 0 Å². The van der Waals surface area contributed by atoms with E-state index in [-0.39, 0.29) is 30.6 Å². The topological polar surface area (TPSA) is 55.4 Å². The summed E-state index contributed by atoms with van der Waals surface area (Å²) in [4.78, 5) is 24.1. The van der Waals surface area contributed by atoms with Crippen LogP contribution in [0.15, 0.2) is 48.5 Å². The number of ether oxygens (including phenoxy) is 1. The van der Waals surface area contributed by atoms with E-state index in [2.05, 4.69) is 5.32 Å². The van der Waals surface area contributed by atoms with Crippen molar-refractivity contribution in [3.05, 3.63) is 65.2 Å². The number of amides is 1. The lowest BCUT2D eigenvalue weighted by Gasteiger charge is -2.14. The first-order chi connectivity index (χ1) is 11.5. The smallest absolute Gasteiger partial charge is 0.220 e. The number of aryl methyl sites for hydroxylation is 1. The van der Waals surface area contributed by atoms with E-state index >= 15 is 0 Å². The lowest BCUT2D eigenvalue weighted by molar-refractivity contribution is -0.121. The van der Waals surface area contributed by atoms with Gasteiger partial charge in [0.05, 0.1) is 13.2 Å². The summed E-state index contributed by atoms with van der Waals surface area (Å²) in [5, 5.41) is 2.92. The molecule has 2 rings (SSSR count). The summed E-state index contributed by atoms with van der Waals surface area (Å²) in [5.41, 5.74) is 2.75. The second-order valence-corrected chi connectivity index (χ2v) is 5.85. The van der Waals surface area contributed by atoms with Crippen molar-refractivity contribution >= 4 is 11.7 Å². The third-order valence-electron chi connectivity index (χ3n) is 3.95. The molecule has 1 unspecified atom stereocenters. The fourth-order valence-corrected chi connectivity index (χ4v) is 2.40. The van der Waals surface area contributed by atoms with Crippen molar-refractivity contribution in [3.63, 3.8) is 0 Å². The van der Waals surface area contributed by atoms with Gasteiger partial charge in [0.1, 0.15) is 5.75 Å². The minimum Gasteiger partial charge on any atom is -0.497 e. The molecule has 1 atom stereocenters. The molecule has 0 spiro atoms. The van der Waals surface area contributed by atoms with Crippen LogP contribution >= 0.6 is 0 Å². The van der Waals surface area contributed by atoms with Gasteiger partial charge in [-0.2, -0.15) is 0 Å². The highest BCUT2D eigenvalue weighted by atomic mass is 16.5. The first kappa shape index (κ1) is 17.7. The number of ketones is 1. The molecule has 0 aliphatic heterocycles. The fourth-order valence-electron chi connectivity index (χ4n) is 2.40. The summed E-state index contributed by atoms with van der Waals surface area (Å²) in [6, 6.07) is 14.8. The molecule has 0 radical (unpaired) electrons. The molecule has 2 aromatic rings. The van der Waals surface area contributed by atoms with Gasteiger partial charge in [0.2, 0.25) is 5.91 Å². The molecule has 0 bridgehead atoms. The number of carbonyl (C=O) groups is 2. The number of hydrogen-bond acceptors (Lipinski definition) is 3. The van der Waals surface area contributed by atoms with Crippen LogP contribution in [0.2, 0.25) is 0 Å². The lowest BCUT2D eigenvalue weighted by Crippen LogP contribution is -2.26. The van der Waals surface area contributed by atoms with Crippen LogP contribution in [0.4, 0.5) is 0 Å². The molecule has 0 saturated heterocycles. The first-order valence-corrected chi connectivity index (χ1v) is 8.03. The number of benzene rings is 2. The van der Waals surface area contributed by atoms with Crippen LogP contribution in [0, 0.1) is 6.92 Å². The van der Waals surface area contributed by atoms with Crippen molar-refractivity contribution in [1.29, 1.82) is 0 Å². The van der Waals surface area contributed by atoms with E-state index in [9.17, 15) is 9.59 Å². The molecular formula is C20H23NO3. The van der Waals surface area contributed by atoms with Gasteiger partial charge in [0.15, 0.2) is 5.78 Å². The molecule has 1 amide bonds. The largest absolute Gasteiger partial charge is 0.497 e. The summed E-state index contributed by atoms with van der Waals surface area (Å²) < 4.78 is 5.12. The monoisotopic (exact) mass is 325 g/mol. The molecular weight excluding hydrogens is 302 g/mol. The molecule has 0 saturated carbocycles. The number of hydrogen-bond donors (Lipinski definition) is 1. The summed E-state index contributed by atoms with van der Waals surface area (Å²) in [6.07, 6.45) is 0.400. The Hall–Kier alpha value is -2.62. The highest BCUT2D eigenvalue weighted by Gasteiger charge is 2.12. The Morgan fingerprint density at radius 3 is 2.21 bits per heavy atom. The Labute approximate surface area is 142 Å². The third-order valence-corrected chi connectivity index (χ3v) is 3.95. The lowest BCUT2D eigenvalue weighted by atomic mass is 10.0. The van der Waals surface area contributed by atoms with Gasteiger partial charge < -0.3 is 10.1 Å². The normalized spacial score (nSPS) is 11.6. The van der Waals surface area contributed by atoms with Crippen LogP contribution in [0.3, 0.4) is 0 Å². The molecule has 0 aliphatic carbocycles. The van der Waals surface area contributed by atoms with Crippen molar-refractivity contribution in [3.8, 4) is 5.75 Å². The van der Waals surface area contributed by atoms with Crippen LogP contribution in [0.25, 0.3) is 0 Å². The van der Waals surface area contributed by atoms with E-state index < -0.39 is 0 Å². The molecule has 24 heavy (non-hydrogen) atoms. The zero-order valence-corrected chi connectivity index (χ0v) is 14.3. The van der Waals surface area contributed by atoms with Crippen molar-refractivity contribution in [2.75, 3.05) is 7.11 Å². The highest BCUT2D eigenvalue weighted by Crippen LogP contribution is 2.17. The maximum Gasteiger partial charge on any atom is 0.220 e. The predicted molar refractivity (Wildman–Crippen MR) is 94.3 cm³/mol. The zero-order valence-electron chi connectivity index (χ0n) is 14.3. The molecule has 4 nitrogen and oxygen atoms in total. The number of rotatable bonds is 7. The van der Waals surface area contributed by atoms with E-state index in [0.717, 1.165) is 16.9 Å². The standard InChI is InChI=1S/C20H23NO3/c1-14-4-6-17(7-5-14)19(22)12-13-20(23)21-15(2)16-8-10-18(24-3)11-9-16/h4-11,15H,12-13H2,1-3H3,(H,21,23). The van der Waals surface area contributed by atoms with Crippen molar-refractivity contribution in [2.45, 2.75) is 32.7 Å². The van der Waals surface area contributed by atoms with E-state index in [1.807, 2.05) is 50.2 Å². The quantitative estimate of drug-likeness (QED) is 0.787. The summed E-state index contributed by atoms with van der Waals surface area (Å²) in [7, 11) is 1.62. The van der Waals surface area contributed by atoms with Gasteiger partial charge in [-0.05, 0) is 31.5 Å². The Bertz CT molecular complexity index is 690. The fraction of sp³-hybridized carbons (Fsp3) is 0.300. The van der Waals surface area contributed by atoms with Crippen LogP contribution in [-0.2, 0) is 4.79 Å². The van der Waals surface area contributed by atoms with Gasteiger partial charge in [0, 0.05) is 18.4 Å². The molecule has 2 aromatic carbocycles. The number of Topliss-reactive ketones (excluding diaryl/α,β-unsaturated/α-hetero) is 1. The average molecular weight is 325 g/mol. The minimum atomic E-state index is -0.126. The van der Waals surface area contributed by atoms with Crippen LogP contribution in [0.5, 0.6) is 5.75 Å². The average Bonchev–Trinajstić information content (AvgIpc) is 2.60. The molecule has 0 aromatic heterocycles. The zero-order chi connectivity index (χ0) is 17.5. The number of methoxy groups -OCH3 is 1. The molecule has 1 N–H and O–H groups in total. The number of nitrogens with one attached hydrogen (secondary N) is 1. The highest BCUT2D eigenvalue weighted by molar-refractivity contribution is 5.98. The maximum atomic E-state index is 12.1. The first-order valence-electron chi connectivity index (χ1n) is 8.03. The van der Waals surface area contributed by atoms with Crippen molar-refractivity contribution in [2.24, 2.45) is 0 Å². The van der Waals surface area contributed by atoms with Gasteiger partial charge in [-0.1, -0.05) is 42.0 Å². The SMILES string of the molecule is COc1ccc(C(C)NC(=O)CCC(=O)c2ccc(C)cc2)cc1. The van der Waals surface area contributed by atoms with Gasteiger partial charge in [-0.3, -0.25) is 9.59 Å². The van der Waals surface area contributed by atoms with Crippen LogP contribution < -0.4 is 10.1 Å². The number of carbonyl (C=O) groups excluding carboxylic acids is 2. The van der Waals surface area contributed by atoms with Gasteiger partial charge in [-0.15, -0.1) is 0 Å². The molecule has 0 fully saturated rings. The Balaban J connectivity index is 1.83. The second-order valence-electron chi connectivity index (χ2n) is 5.85. The molecule has 126 valence electrons. The van der Waals surface area contributed by atoms with Gasteiger partial charge >= 0.3 is 0 Å². The summed E-state index contributed by atoms with van der Waals surface area (Å²) in [5.74, 6) is 0.641. The van der Waals surface area contributed by atoms with E-state index in [4.69, 9.17) is 4.74 Å². The summed E-state index contributed by atoms with van der Waals surface area (Å²) in [6.45, 7) is 3.89. The Morgan fingerprint density at radius 1 is 1.00 bits per heavy atom. The third kappa shape index (κ3) is 4.95. The van der Waals surface area contributed by atoms with Crippen molar-refractivity contribution < 1.29 is 14.3 Å². The van der Waals surface area contributed by atoms with E-state index in [1.54, 1.807) is 19.2 Å². The van der Waals surface area contributed by atoms with Crippen molar-refractivity contribution in [1.82, 2.24) is 5.32 Å². The molecule has 4 heteroatoms. The summed E-state index contributed by atoms with van der Waals surface area (Å²) >= 11 is 0. The Morgan fingerprint density at radius 2 is 1.62 bits per heavy atom. The van der Waals surface area contributed by atoms with Gasteiger partial charge in [-0.25, -0.2) is 0 Å². The van der Waals surface area contributed by atoms with Crippen LogP contribution in [0.1, 0.15) is 47.3 Å². The maximum absolute atomic E-state index is 12.1. The minimum absolute atomic E-state index is 0.0118. The second kappa shape index (κ2) is 8.29. The predicted octanol–water partition coefficient (Wildman–Crippen LogP) is 3.84. The molecule has 0 heterocycles. The Kier molecular flexibility index (Phi) is 6.13. The van der Waals surface area contributed by atoms with Gasteiger partial charge in [0.25, 0.3) is 0 Å².